The second-order valence-electron chi connectivity index (χ2n) is 3.53. The van der Waals surface area contributed by atoms with Crippen molar-refractivity contribution in [3.63, 3.8) is 0 Å². The van der Waals surface area contributed by atoms with Crippen molar-refractivity contribution < 1.29 is 14.7 Å². The van der Waals surface area contributed by atoms with Gasteiger partial charge in [-0.1, -0.05) is 0 Å². The molecule has 2 aromatic rings. The van der Waals surface area contributed by atoms with Crippen LogP contribution in [0.2, 0.25) is 0 Å². The number of carboxylic acid groups (broad SMARTS) is 1. The number of thiophene rings is 1. The van der Waals surface area contributed by atoms with Gasteiger partial charge in [-0.25, -0.2) is 9.78 Å². The number of rotatable bonds is 5. The average Bonchev–Trinajstić information content (AvgIpc) is 3.02. The first kappa shape index (κ1) is 13.5. The second-order valence-corrected chi connectivity index (χ2v) is 5.16. The number of thiazole rings is 1. The fourth-order valence-corrected chi connectivity index (χ4v) is 2.94. The molecule has 2 amide bonds. The molecule has 0 bridgehead atoms. The summed E-state index contributed by atoms with van der Waals surface area (Å²) in [5.41, 5.74) is 2.97. The van der Waals surface area contributed by atoms with Crippen LogP contribution < -0.4 is 10.6 Å². The summed E-state index contributed by atoms with van der Waals surface area (Å²) in [6, 6.07) is 1.93. The largest absolute Gasteiger partial charge is 0.465 e. The molecule has 0 aliphatic rings. The molecular weight excluding hydrogens is 286 g/mol. The van der Waals surface area contributed by atoms with Gasteiger partial charge in [0, 0.05) is 18.7 Å². The van der Waals surface area contributed by atoms with Gasteiger partial charge in [-0.3, -0.25) is 4.79 Å². The quantitative estimate of drug-likeness (QED) is 0.735. The zero-order valence-corrected chi connectivity index (χ0v) is 11.4. The number of aromatic nitrogens is 1. The van der Waals surface area contributed by atoms with E-state index in [1.165, 1.54) is 11.3 Å². The Kier molecular flexibility index (Phi) is 4.48. The first-order valence-electron chi connectivity index (χ1n) is 5.39. The normalized spacial score (nSPS) is 10.1. The maximum atomic E-state index is 11.9. The van der Waals surface area contributed by atoms with Crippen LogP contribution in [0.5, 0.6) is 0 Å². The summed E-state index contributed by atoms with van der Waals surface area (Å²) >= 11 is 2.96. The molecule has 0 radical (unpaired) electrons. The molecule has 0 spiro atoms. The van der Waals surface area contributed by atoms with Crippen molar-refractivity contribution in [3.8, 4) is 10.4 Å². The van der Waals surface area contributed by atoms with Gasteiger partial charge in [0.15, 0.2) is 0 Å². The standard InChI is InChI=1S/C11H11N3O3S2/c15-10(12-2-3-13-11(16)17)8-9(19-6-14-8)7-1-4-18-5-7/h1,4-6,13H,2-3H2,(H,12,15)(H,16,17). The van der Waals surface area contributed by atoms with Crippen molar-refractivity contribution in [2.45, 2.75) is 0 Å². The lowest BCUT2D eigenvalue weighted by atomic mass is 10.2. The van der Waals surface area contributed by atoms with E-state index in [4.69, 9.17) is 5.11 Å². The minimum absolute atomic E-state index is 0.166. The van der Waals surface area contributed by atoms with Crippen LogP contribution in [0.3, 0.4) is 0 Å². The van der Waals surface area contributed by atoms with Gasteiger partial charge in [-0.15, -0.1) is 11.3 Å². The van der Waals surface area contributed by atoms with E-state index >= 15 is 0 Å². The van der Waals surface area contributed by atoms with Gasteiger partial charge in [0.05, 0.1) is 10.4 Å². The summed E-state index contributed by atoms with van der Waals surface area (Å²) in [6.07, 6.45) is -1.11. The predicted molar refractivity (Wildman–Crippen MR) is 73.8 cm³/mol. The number of amides is 2. The molecule has 6 nitrogen and oxygen atoms in total. The van der Waals surface area contributed by atoms with Crippen molar-refractivity contribution in [1.82, 2.24) is 15.6 Å². The Balaban J connectivity index is 1.97. The van der Waals surface area contributed by atoms with E-state index in [0.29, 0.717) is 5.69 Å². The molecule has 8 heteroatoms. The fourth-order valence-electron chi connectivity index (χ4n) is 1.44. The summed E-state index contributed by atoms with van der Waals surface area (Å²) in [5.74, 6) is -0.297. The van der Waals surface area contributed by atoms with Gasteiger partial charge in [0.2, 0.25) is 0 Å². The van der Waals surface area contributed by atoms with Crippen LogP contribution in [0.25, 0.3) is 10.4 Å². The Labute approximate surface area is 117 Å². The smallest absolute Gasteiger partial charge is 0.404 e. The highest BCUT2D eigenvalue weighted by Gasteiger charge is 2.16. The number of hydrogen-bond donors (Lipinski definition) is 3. The lowest BCUT2D eigenvalue weighted by molar-refractivity contribution is 0.0949. The minimum atomic E-state index is -1.11. The third kappa shape index (κ3) is 3.52. The number of carbonyl (C=O) groups excluding carboxylic acids is 1. The highest BCUT2D eigenvalue weighted by molar-refractivity contribution is 7.14. The van der Waals surface area contributed by atoms with E-state index in [-0.39, 0.29) is 19.0 Å². The lowest BCUT2D eigenvalue weighted by Gasteiger charge is -2.04. The van der Waals surface area contributed by atoms with Gasteiger partial charge in [0.25, 0.3) is 5.91 Å². The molecule has 0 atom stereocenters. The molecular formula is C11H11N3O3S2. The number of nitrogens with one attached hydrogen (secondary N) is 2. The molecule has 0 aliphatic heterocycles. The first-order chi connectivity index (χ1) is 9.18. The van der Waals surface area contributed by atoms with Crippen LogP contribution >= 0.6 is 22.7 Å². The van der Waals surface area contributed by atoms with Crippen LogP contribution in [0.4, 0.5) is 4.79 Å². The molecule has 19 heavy (non-hydrogen) atoms. The highest BCUT2D eigenvalue weighted by atomic mass is 32.1. The summed E-state index contributed by atoms with van der Waals surface area (Å²) < 4.78 is 0. The van der Waals surface area contributed by atoms with Crippen LogP contribution in [0.1, 0.15) is 10.5 Å². The van der Waals surface area contributed by atoms with Crippen LogP contribution in [-0.4, -0.2) is 35.2 Å². The van der Waals surface area contributed by atoms with Crippen LogP contribution in [0, 0.1) is 0 Å². The van der Waals surface area contributed by atoms with Crippen LogP contribution in [-0.2, 0) is 0 Å². The second kappa shape index (κ2) is 6.30. The Morgan fingerprint density at radius 1 is 1.32 bits per heavy atom. The Morgan fingerprint density at radius 3 is 2.79 bits per heavy atom. The molecule has 3 N–H and O–H groups in total. The molecule has 0 fully saturated rings. The van der Waals surface area contributed by atoms with Crippen molar-refractivity contribution >= 4 is 34.7 Å². The number of hydrogen-bond acceptors (Lipinski definition) is 5. The molecule has 2 heterocycles. The van der Waals surface area contributed by atoms with Crippen molar-refractivity contribution in [2.24, 2.45) is 0 Å². The van der Waals surface area contributed by atoms with Gasteiger partial charge in [-0.2, -0.15) is 11.3 Å². The van der Waals surface area contributed by atoms with Crippen molar-refractivity contribution in [2.75, 3.05) is 13.1 Å². The summed E-state index contributed by atoms with van der Waals surface area (Å²) in [4.78, 5) is 27.1. The summed E-state index contributed by atoms with van der Waals surface area (Å²) in [7, 11) is 0. The van der Waals surface area contributed by atoms with Crippen molar-refractivity contribution in [3.05, 3.63) is 28.0 Å². The van der Waals surface area contributed by atoms with E-state index in [1.54, 1.807) is 16.8 Å². The number of nitrogens with zero attached hydrogens (tertiary/aromatic N) is 1. The Morgan fingerprint density at radius 2 is 2.11 bits per heavy atom. The van der Waals surface area contributed by atoms with E-state index in [0.717, 1.165) is 10.4 Å². The fraction of sp³-hybridized carbons (Fsp3) is 0.182. The molecule has 0 saturated carbocycles. The van der Waals surface area contributed by atoms with Crippen LogP contribution in [0.15, 0.2) is 22.3 Å². The molecule has 0 unspecified atom stereocenters. The number of carbonyl (C=O) groups is 2. The van der Waals surface area contributed by atoms with Gasteiger partial charge in [0.1, 0.15) is 5.69 Å². The van der Waals surface area contributed by atoms with E-state index in [1.807, 2.05) is 16.8 Å². The molecule has 100 valence electrons. The lowest BCUT2D eigenvalue weighted by Crippen LogP contribution is -2.34. The van der Waals surface area contributed by atoms with E-state index < -0.39 is 6.09 Å². The maximum absolute atomic E-state index is 11.9. The zero-order chi connectivity index (χ0) is 13.7. The Hall–Kier alpha value is -1.93. The van der Waals surface area contributed by atoms with E-state index in [9.17, 15) is 9.59 Å². The molecule has 0 saturated heterocycles. The molecule has 0 aliphatic carbocycles. The topological polar surface area (TPSA) is 91.3 Å². The average molecular weight is 297 g/mol. The molecule has 2 aromatic heterocycles. The molecule has 2 rings (SSSR count). The predicted octanol–water partition coefficient (Wildman–Crippen LogP) is 1.87. The zero-order valence-electron chi connectivity index (χ0n) is 9.75. The maximum Gasteiger partial charge on any atom is 0.404 e. The third-order valence-electron chi connectivity index (χ3n) is 2.25. The van der Waals surface area contributed by atoms with E-state index in [2.05, 4.69) is 15.6 Å². The highest BCUT2D eigenvalue weighted by Crippen LogP contribution is 2.29. The SMILES string of the molecule is O=C(O)NCCNC(=O)c1ncsc1-c1ccsc1. The summed E-state index contributed by atoms with van der Waals surface area (Å²) in [5, 5.41) is 17.1. The first-order valence-corrected chi connectivity index (χ1v) is 7.22. The molecule has 0 aromatic carbocycles. The third-order valence-corrected chi connectivity index (χ3v) is 3.81. The van der Waals surface area contributed by atoms with Gasteiger partial charge in [-0.05, 0) is 16.8 Å². The van der Waals surface area contributed by atoms with Gasteiger partial charge < -0.3 is 15.7 Å². The monoisotopic (exact) mass is 297 g/mol. The minimum Gasteiger partial charge on any atom is -0.465 e. The van der Waals surface area contributed by atoms with Crippen molar-refractivity contribution in [1.29, 1.82) is 0 Å². The summed E-state index contributed by atoms with van der Waals surface area (Å²) in [6.45, 7) is 0.394. The van der Waals surface area contributed by atoms with Gasteiger partial charge >= 0.3 is 6.09 Å². The Bertz CT molecular complexity index is 566.